The zero-order valence-corrected chi connectivity index (χ0v) is 13.1. The number of rotatable bonds is 7. The Bertz CT molecular complexity index is 576. The number of halogens is 3. The maximum absolute atomic E-state index is 12.1. The van der Waals surface area contributed by atoms with Crippen molar-refractivity contribution in [3.05, 3.63) is 58.5 Å². The van der Waals surface area contributed by atoms with Gasteiger partial charge in [-0.3, -0.25) is 0 Å². The van der Waals surface area contributed by atoms with E-state index >= 15 is 0 Å². The smallest absolute Gasteiger partial charge is 0.284 e. The van der Waals surface area contributed by atoms with Gasteiger partial charge >= 0.3 is 0 Å². The minimum Gasteiger partial charge on any atom is -0.464 e. The van der Waals surface area contributed by atoms with E-state index in [1.54, 1.807) is 12.1 Å². The highest BCUT2D eigenvalue weighted by Gasteiger charge is 2.09. The number of hydrogen-bond acceptors (Lipinski definition) is 3. The van der Waals surface area contributed by atoms with Crippen molar-refractivity contribution >= 4 is 23.4 Å². The van der Waals surface area contributed by atoms with Gasteiger partial charge in [0.15, 0.2) is 0 Å². The molecule has 1 aromatic carbocycles. The fourth-order valence-corrected chi connectivity index (χ4v) is 2.53. The summed E-state index contributed by atoms with van der Waals surface area (Å²) in [7, 11) is 0. The summed E-state index contributed by atoms with van der Waals surface area (Å²) in [6.07, 6.45) is 0. The summed E-state index contributed by atoms with van der Waals surface area (Å²) in [6.45, 7) is 2.56. The van der Waals surface area contributed by atoms with Gasteiger partial charge in [0.25, 0.3) is 5.76 Å². The molecule has 0 saturated heterocycles. The van der Waals surface area contributed by atoms with Gasteiger partial charge in [-0.05, 0) is 36.8 Å². The maximum atomic E-state index is 12.1. The van der Waals surface area contributed by atoms with E-state index in [2.05, 4.69) is 5.32 Å². The lowest BCUT2D eigenvalue weighted by Gasteiger charge is -2.13. The van der Waals surface area contributed by atoms with E-state index in [0.29, 0.717) is 29.1 Å². The van der Waals surface area contributed by atoms with Crippen LogP contribution in [0.15, 0.2) is 40.8 Å². The Hall–Kier alpha value is -1.04. The zero-order chi connectivity index (χ0) is 15.2. The first-order valence-corrected chi connectivity index (χ1v) is 7.93. The van der Waals surface area contributed by atoms with Crippen molar-refractivity contribution < 1.29 is 13.2 Å². The van der Waals surface area contributed by atoms with Crippen LogP contribution in [-0.2, 0) is 12.3 Å². The van der Waals surface area contributed by atoms with E-state index in [1.807, 2.05) is 31.2 Å². The Morgan fingerprint density at radius 2 is 2.00 bits per heavy atom. The van der Waals surface area contributed by atoms with Gasteiger partial charge in [0.05, 0.1) is 12.3 Å². The van der Waals surface area contributed by atoms with Gasteiger partial charge < -0.3 is 9.73 Å². The number of nitrogens with one attached hydrogen (secondary N) is 1. The van der Waals surface area contributed by atoms with E-state index in [1.165, 1.54) is 0 Å². The molecule has 0 aliphatic carbocycles. The molecule has 2 rings (SSSR count). The number of benzene rings is 1. The molecule has 1 atom stereocenters. The molecular weight excluding hydrogens is 316 g/mol. The summed E-state index contributed by atoms with van der Waals surface area (Å²) >= 11 is 6.52. The second kappa shape index (κ2) is 7.82. The second-order valence-electron chi connectivity index (χ2n) is 4.60. The van der Waals surface area contributed by atoms with Crippen LogP contribution in [0.5, 0.6) is 0 Å². The Morgan fingerprint density at radius 3 is 2.71 bits per heavy atom. The fourth-order valence-electron chi connectivity index (χ4n) is 1.89. The highest BCUT2D eigenvalue weighted by atomic mass is 35.5. The Morgan fingerprint density at radius 1 is 1.24 bits per heavy atom. The minimum atomic E-state index is -2.38. The van der Waals surface area contributed by atoms with Gasteiger partial charge in [-0.1, -0.05) is 35.5 Å². The molecule has 0 amide bonds. The predicted molar refractivity (Wildman–Crippen MR) is 82.7 cm³/mol. The molecule has 1 heterocycles. The lowest BCUT2D eigenvalue weighted by atomic mass is 10.1. The first kappa shape index (κ1) is 16.3. The van der Waals surface area contributed by atoms with Crippen molar-refractivity contribution in [2.24, 2.45) is 0 Å². The molecule has 0 saturated carbocycles. The number of thioether (sulfide) groups is 1. The molecule has 114 valence electrons. The minimum absolute atomic E-state index is 0.118. The lowest BCUT2D eigenvalue weighted by molar-refractivity contribution is 0.251. The number of alkyl halides is 2. The third-order valence-corrected chi connectivity index (χ3v) is 3.94. The first-order chi connectivity index (χ1) is 10.0. The highest BCUT2D eigenvalue weighted by Crippen LogP contribution is 2.22. The summed E-state index contributed by atoms with van der Waals surface area (Å²) in [4.78, 5) is 0. The van der Waals surface area contributed by atoms with Crippen LogP contribution in [0, 0.1) is 0 Å². The largest absolute Gasteiger partial charge is 0.464 e. The maximum Gasteiger partial charge on any atom is 0.284 e. The lowest BCUT2D eigenvalue weighted by Crippen LogP contribution is -2.17. The van der Waals surface area contributed by atoms with Gasteiger partial charge in [0, 0.05) is 11.1 Å². The van der Waals surface area contributed by atoms with Crippen LogP contribution < -0.4 is 5.32 Å². The molecular formula is C15H16ClF2NOS. The Kier molecular flexibility index (Phi) is 6.08. The second-order valence-corrected chi connectivity index (χ2v) is 6.01. The van der Waals surface area contributed by atoms with E-state index in [9.17, 15) is 8.78 Å². The standard InChI is InChI=1S/C15H16ClF2NOS/c1-10(11-3-2-4-12(16)7-11)19-8-13-5-6-14(20-13)9-21-15(17)18/h2-7,10,15,19H,8-9H2,1H3/t10-/m1/s1. The summed E-state index contributed by atoms with van der Waals surface area (Å²) in [6, 6.07) is 11.3. The first-order valence-electron chi connectivity index (χ1n) is 6.51. The van der Waals surface area contributed by atoms with Gasteiger partial charge in [0.2, 0.25) is 0 Å². The van der Waals surface area contributed by atoms with Gasteiger partial charge in [-0.15, -0.1) is 0 Å². The Labute approximate surface area is 131 Å². The molecule has 2 nitrogen and oxygen atoms in total. The van der Waals surface area contributed by atoms with Crippen LogP contribution in [0.2, 0.25) is 5.02 Å². The molecule has 2 aromatic rings. The molecule has 0 aliphatic heterocycles. The van der Waals surface area contributed by atoms with Crippen molar-refractivity contribution in [2.45, 2.75) is 31.0 Å². The SMILES string of the molecule is C[C@@H](NCc1ccc(CSC(F)F)o1)c1cccc(Cl)c1. The van der Waals surface area contributed by atoms with Gasteiger partial charge in [0.1, 0.15) is 11.5 Å². The number of hydrogen-bond donors (Lipinski definition) is 1. The summed E-state index contributed by atoms with van der Waals surface area (Å²) in [5.74, 6) is -0.901. The van der Waals surface area contributed by atoms with Crippen LogP contribution >= 0.6 is 23.4 Å². The molecule has 0 bridgehead atoms. The normalized spacial score (nSPS) is 12.8. The third kappa shape index (κ3) is 5.34. The summed E-state index contributed by atoms with van der Waals surface area (Å²) in [5.41, 5.74) is 1.09. The van der Waals surface area contributed by atoms with E-state index in [4.69, 9.17) is 16.0 Å². The molecule has 1 aromatic heterocycles. The summed E-state index contributed by atoms with van der Waals surface area (Å²) < 4.78 is 29.7. The number of furan rings is 1. The van der Waals surface area contributed by atoms with E-state index < -0.39 is 5.76 Å². The fraction of sp³-hybridized carbons (Fsp3) is 0.333. The summed E-state index contributed by atoms with van der Waals surface area (Å²) in [5, 5.41) is 4.01. The van der Waals surface area contributed by atoms with Crippen LogP contribution in [0.4, 0.5) is 8.78 Å². The van der Waals surface area contributed by atoms with Gasteiger partial charge in [-0.25, -0.2) is 0 Å². The van der Waals surface area contributed by atoms with Crippen molar-refractivity contribution in [1.29, 1.82) is 0 Å². The zero-order valence-electron chi connectivity index (χ0n) is 11.5. The van der Waals surface area contributed by atoms with Crippen LogP contribution in [0.1, 0.15) is 30.0 Å². The molecule has 21 heavy (non-hydrogen) atoms. The van der Waals surface area contributed by atoms with Crippen LogP contribution in [-0.4, -0.2) is 5.76 Å². The quantitative estimate of drug-likeness (QED) is 0.751. The van der Waals surface area contributed by atoms with E-state index in [0.717, 1.165) is 11.3 Å². The molecule has 0 spiro atoms. The Balaban J connectivity index is 1.85. The van der Waals surface area contributed by atoms with Crippen molar-refractivity contribution in [3.8, 4) is 0 Å². The molecule has 0 unspecified atom stereocenters. The predicted octanol–water partition coefficient (Wildman–Crippen LogP) is 5.24. The van der Waals surface area contributed by atoms with Crippen LogP contribution in [0.3, 0.4) is 0 Å². The monoisotopic (exact) mass is 331 g/mol. The van der Waals surface area contributed by atoms with Crippen molar-refractivity contribution in [3.63, 3.8) is 0 Å². The molecule has 1 N–H and O–H groups in total. The highest BCUT2D eigenvalue weighted by molar-refractivity contribution is 7.98. The topological polar surface area (TPSA) is 25.2 Å². The van der Waals surface area contributed by atoms with E-state index in [-0.39, 0.29) is 11.8 Å². The van der Waals surface area contributed by atoms with Crippen molar-refractivity contribution in [2.75, 3.05) is 0 Å². The third-order valence-electron chi connectivity index (χ3n) is 3.00. The molecule has 0 radical (unpaired) electrons. The average Bonchev–Trinajstić information content (AvgIpc) is 2.90. The van der Waals surface area contributed by atoms with Crippen molar-refractivity contribution in [1.82, 2.24) is 5.32 Å². The van der Waals surface area contributed by atoms with Crippen LogP contribution in [0.25, 0.3) is 0 Å². The molecule has 6 heteroatoms. The average molecular weight is 332 g/mol. The molecule has 0 aliphatic rings. The molecule has 0 fully saturated rings. The van der Waals surface area contributed by atoms with Gasteiger partial charge in [-0.2, -0.15) is 8.78 Å².